The number of ether oxygens (including phenoxy) is 3. The molecule has 24 heavy (non-hydrogen) atoms. The molecule has 0 unspecified atom stereocenters. The lowest BCUT2D eigenvalue weighted by Crippen LogP contribution is -2.06. The summed E-state index contributed by atoms with van der Waals surface area (Å²) in [4.78, 5) is 4.02. The van der Waals surface area contributed by atoms with Crippen molar-refractivity contribution in [1.82, 2.24) is 4.98 Å². The maximum atomic E-state index is 9.58. The zero-order chi connectivity index (χ0) is 17.7. The lowest BCUT2D eigenvalue weighted by atomic mass is 9.95. The summed E-state index contributed by atoms with van der Waals surface area (Å²) in [7, 11) is 3.03. The second kappa shape index (κ2) is 7.21. The highest BCUT2D eigenvalue weighted by Gasteiger charge is 2.23. The minimum absolute atomic E-state index is 0.00665. The Kier molecular flexibility index (Phi) is 5.08. The highest BCUT2D eigenvalue weighted by molar-refractivity contribution is 5.85. The van der Waals surface area contributed by atoms with E-state index in [1.165, 1.54) is 14.2 Å². The largest absolute Gasteiger partial charge is 0.497 e. The van der Waals surface area contributed by atoms with Gasteiger partial charge in [0.2, 0.25) is 5.88 Å². The van der Waals surface area contributed by atoms with Crippen molar-refractivity contribution in [2.45, 2.75) is 6.92 Å². The van der Waals surface area contributed by atoms with Gasteiger partial charge in [0.15, 0.2) is 0 Å². The molecule has 2 rings (SSSR count). The molecule has 2 aromatic rings. The number of rotatable bonds is 5. The summed E-state index contributed by atoms with van der Waals surface area (Å²) in [5.41, 5.74) is 6.97. The minimum atomic E-state index is -0.00665. The maximum absolute atomic E-state index is 9.58. The fraction of sp³-hybridized carbons (Fsp3) is 0.235. The third kappa shape index (κ3) is 2.88. The number of nitrogens with zero attached hydrogens (tertiary/aromatic N) is 3. The van der Waals surface area contributed by atoms with Crippen LogP contribution in [0.1, 0.15) is 18.1 Å². The van der Waals surface area contributed by atoms with E-state index in [4.69, 9.17) is 19.9 Å². The minimum Gasteiger partial charge on any atom is -0.497 e. The summed E-state index contributed by atoms with van der Waals surface area (Å²) in [6, 6.07) is 9.12. The normalized spacial score (nSPS) is 9.71. The van der Waals surface area contributed by atoms with Crippen LogP contribution >= 0.6 is 0 Å². The lowest BCUT2D eigenvalue weighted by molar-refractivity contribution is 0.326. The Morgan fingerprint density at radius 3 is 2.38 bits per heavy atom. The van der Waals surface area contributed by atoms with Gasteiger partial charge in [-0.3, -0.25) is 0 Å². The molecular weight excluding hydrogens is 308 g/mol. The van der Waals surface area contributed by atoms with Crippen molar-refractivity contribution in [2.24, 2.45) is 0 Å². The zero-order valence-corrected chi connectivity index (χ0v) is 13.6. The summed E-state index contributed by atoms with van der Waals surface area (Å²) in [5, 5.41) is 19.1. The zero-order valence-electron chi connectivity index (χ0n) is 13.6. The maximum Gasteiger partial charge on any atom is 0.234 e. The Balaban J connectivity index is 2.87. The number of nitrogens with two attached hydrogens (primary N) is 1. The molecule has 0 aliphatic heterocycles. The van der Waals surface area contributed by atoms with E-state index < -0.39 is 0 Å². The van der Waals surface area contributed by atoms with E-state index in [0.29, 0.717) is 29.2 Å². The Morgan fingerprint density at radius 2 is 1.83 bits per heavy atom. The van der Waals surface area contributed by atoms with Crippen LogP contribution in [0.5, 0.6) is 17.4 Å². The molecule has 0 saturated carbocycles. The van der Waals surface area contributed by atoms with Crippen LogP contribution in [0.25, 0.3) is 11.1 Å². The second-order valence-corrected chi connectivity index (χ2v) is 4.65. The number of pyridine rings is 1. The molecule has 0 fully saturated rings. The number of anilines is 1. The number of aromatic nitrogens is 1. The van der Waals surface area contributed by atoms with Gasteiger partial charge < -0.3 is 19.9 Å². The molecule has 0 amide bonds. The third-order valence-corrected chi connectivity index (χ3v) is 3.37. The molecule has 7 heteroatoms. The molecule has 0 atom stereocenters. The van der Waals surface area contributed by atoms with Crippen molar-refractivity contribution in [2.75, 3.05) is 26.6 Å². The molecule has 0 bridgehead atoms. The predicted molar refractivity (Wildman–Crippen MR) is 87.8 cm³/mol. The standard InChI is InChI=1S/C17H16N4O3/c1-4-24-17-13(9-19)15(12(8-18)16(20)21-17)11-6-5-10(22-2)7-14(11)23-3/h5-7H,4H2,1-3H3,(H2,20,21). The molecule has 1 heterocycles. The number of benzene rings is 1. The molecule has 0 aliphatic rings. The van der Waals surface area contributed by atoms with E-state index in [9.17, 15) is 10.5 Å². The van der Waals surface area contributed by atoms with Crippen LogP contribution in [0, 0.1) is 22.7 Å². The van der Waals surface area contributed by atoms with E-state index in [0.717, 1.165) is 0 Å². The molecule has 0 spiro atoms. The van der Waals surface area contributed by atoms with Crippen LogP contribution in [0.4, 0.5) is 5.82 Å². The van der Waals surface area contributed by atoms with Gasteiger partial charge in [-0.15, -0.1) is 0 Å². The van der Waals surface area contributed by atoms with Crippen LogP contribution in [-0.4, -0.2) is 25.8 Å². The average Bonchev–Trinajstić information content (AvgIpc) is 2.61. The third-order valence-electron chi connectivity index (χ3n) is 3.37. The number of hydrogen-bond donors (Lipinski definition) is 1. The van der Waals surface area contributed by atoms with Gasteiger partial charge >= 0.3 is 0 Å². The molecule has 2 N–H and O–H groups in total. The Hall–Kier alpha value is -3.45. The van der Waals surface area contributed by atoms with Crippen molar-refractivity contribution >= 4 is 5.82 Å². The Morgan fingerprint density at radius 1 is 1.12 bits per heavy atom. The van der Waals surface area contributed by atoms with Gasteiger partial charge in [0.25, 0.3) is 0 Å². The topological polar surface area (TPSA) is 114 Å². The highest BCUT2D eigenvalue weighted by Crippen LogP contribution is 2.40. The van der Waals surface area contributed by atoms with Gasteiger partial charge in [-0.05, 0) is 19.1 Å². The van der Waals surface area contributed by atoms with E-state index in [2.05, 4.69) is 4.98 Å². The smallest absolute Gasteiger partial charge is 0.234 e. The van der Waals surface area contributed by atoms with Crippen LogP contribution in [0.2, 0.25) is 0 Å². The molecule has 122 valence electrons. The fourth-order valence-corrected chi connectivity index (χ4v) is 2.31. The second-order valence-electron chi connectivity index (χ2n) is 4.65. The van der Waals surface area contributed by atoms with Gasteiger partial charge in [0, 0.05) is 17.2 Å². The van der Waals surface area contributed by atoms with Crippen LogP contribution in [0.3, 0.4) is 0 Å². The number of hydrogen-bond acceptors (Lipinski definition) is 7. The van der Waals surface area contributed by atoms with Crippen molar-refractivity contribution in [3.8, 4) is 40.6 Å². The van der Waals surface area contributed by atoms with Crippen molar-refractivity contribution in [3.05, 3.63) is 29.3 Å². The van der Waals surface area contributed by atoms with Crippen molar-refractivity contribution < 1.29 is 14.2 Å². The number of nitrogen functional groups attached to an aromatic ring is 1. The lowest BCUT2D eigenvalue weighted by Gasteiger charge is -2.16. The Labute approximate surface area is 139 Å². The summed E-state index contributed by atoms with van der Waals surface area (Å²) < 4.78 is 16.0. The van der Waals surface area contributed by atoms with E-state index in [1.54, 1.807) is 25.1 Å². The summed E-state index contributed by atoms with van der Waals surface area (Å²) >= 11 is 0. The molecule has 0 radical (unpaired) electrons. The van der Waals surface area contributed by atoms with Gasteiger partial charge in [-0.25, -0.2) is 0 Å². The molecule has 0 saturated heterocycles. The summed E-state index contributed by atoms with van der Waals surface area (Å²) in [5.74, 6) is 1.10. The number of methoxy groups -OCH3 is 2. The molecule has 1 aromatic carbocycles. The van der Waals surface area contributed by atoms with Crippen LogP contribution in [-0.2, 0) is 0 Å². The van der Waals surface area contributed by atoms with Gasteiger partial charge in [0.1, 0.15) is 40.6 Å². The average molecular weight is 324 g/mol. The van der Waals surface area contributed by atoms with Crippen LogP contribution < -0.4 is 19.9 Å². The van der Waals surface area contributed by atoms with E-state index in [-0.39, 0.29) is 22.8 Å². The van der Waals surface area contributed by atoms with E-state index >= 15 is 0 Å². The first-order valence-corrected chi connectivity index (χ1v) is 7.10. The van der Waals surface area contributed by atoms with Crippen molar-refractivity contribution in [1.29, 1.82) is 10.5 Å². The fourth-order valence-electron chi connectivity index (χ4n) is 2.31. The monoisotopic (exact) mass is 324 g/mol. The first-order valence-electron chi connectivity index (χ1n) is 7.10. The molecular formula is C17H16N4O3. The molecule has 1 aromatic heterocycles. The SMILES string of the molecule is CCOc1nc(N)c(C#N)c(-c2ccc(OC)cc2OC)c1C#N. The molecule has 7 nitrogen and oxygen atoms in total. The summed E-state index contributed by atoms with van der Waals surface area (Å²) in [6.07, 6.45) is 0. The first kappa shape index (κ1) is 16.9. The number of nitriles is 2. The molecule has 0 aliphatic carbocycles. The quantitative estimate of drug-likeness (QED) is 0.898. The van der Waals surface area contributed by atoms with Gasteiger partial charge in [-0.1, -0.05) is 0 Å². The van der Waals surface area contributed by atoms with Crippen LogP contribution in [0.15, 0.2) is 18.2 Å². The highest BCUT2D eigenvalue weighted by atomic mass is 16.5. The van der Waals surface area contributed by atoms with Gasteiger partial charge in [0.05, 0.1) is 20.8 Å². The summed E-state index contributed by atoms with van der Waals surface area (Å²) in [6.45, 7) is 2.08. The Bertz CT molecular complexity index is 850. The van der Waals surface area contributed by atoms with Gasteiger partial charge in [-0.2, -0.15) is 15.5 Å². The van der Waals surface area contributed by atoms with E-state index in [1.807, 2.05) is 12.1 Å². The first-order chi connectivity index (χ1) is 11.6. The van der Waals surface area contributed by atoms with Crippen molar-refractivity contribution in [3.63, 3.8) is 0 Å². The predicted octanol–water partition coefficient (Wildman–Crippen LogP) is 2.49.